The number of nitrogens with one attached hydrogen (secondary N) is 1. The van der Waals surface area contributed by atoms with Crippen molar-refractivity contribution < 1.29 is 23.8 Å². The summed E-state index contributed by atoms with van der Waals surface area (Å²) in [6.07, 6.45) is 6.33. The van der Waals surface area contributed by atoms with Gasteiger partial charge in [0.15, 0.2) is 12.2 Å². The van der Waals surface area contributed by atoms with Crippen molar-refractivity contribution in [3.05, 3.63) is 101 Å². The molecule has 0 aliphatic rings. The number of benzene rings is 4. The number of para-hydroxylation sites is 2. The number of carbonyl (C=O) groups is 2. The van der Waals surface area contributed by atoms with Gasteiger partial charge in [-0.1, -0.05) is 97.0 Å². The molecule has 0 saturated carbocycles. The first kappa shape index (κ1) is 33.4. The molecular formula is C36H34Cl2N2O5S. The zero-order valence-corrected chi connectivity index (χ0v) is 27.5. The SMILES string of the molecule is O=C(O)COc1c(-c2cccc(Cl)c2)cc(C(=O)NCCCCCCCCSc2nc3ccccc3o2)cc1-c1cccc(Cl)c1. The second-order valence-corrected chi connectivity index (χ2v) is 12.7. The Bertz CT molecular complexity index is 1710. The predicted molar refractivity (Wildman–Crippen MR) is 185 cm³/mol. The van der Waals surface area contributed by atoms with Crippen molar-refractivity contribution in [2.75, 3.05) is 18.9 Å². The molecule has 0 unspecified atom stereocenters. The van der Waals surface area contributed by atoms with E-state index in [2.05, 4.69) is 10.3 Å². The fourth-order valence-electron chi connectivity index (χ4n) is 5.10. The molecule has 1 amide bonds. The van der Waals surface area contributed by atoms with Crippen molar-refractivity contribution >= 4 is 57.9 Å². The van der Waals surface area contributed by atoms with Crippen molar-refractivity contribution in [2.45, 2.75) is 43.7 Å². The molecule has 5 rings (SSSR count). The van der Waals surface area contributed by atoms with Crippen LogP contribution >= 0.6 is 35.0 Å². The van der Waals surface area contributed by atoms with Gasteiger partial charge >= 0.3 is 5.97 Å². The number of unbranched alkanes of at least 4 members (excludes halogenated alkanes) is 5. The molecule has 0 atom stereocenters. The van der Waals surface area contributed by atoms with Gasteiger partial charge in [0.05, 0.1) is 0 Å². The number of thioether (sulfide) groups is 1. The van der Waals surface area contributed by atoms with Crippen molar-refractivity contribution in [3.8, 4) is 28.0 Å². The molecule has 0 aliphatic carbocycles. The van der Waals surface area contributed by atoms with Gasteiger partial charge in [-0.25, -0.2) is 9.78 Å². The van der Waals surface area contributed by atoms with E-state index in [9.17, 15) is 14.7 Å². The van der Waals surface area contributed by atoms with Gasteiger partial charge in [0.2, 0.25) is 0 Å². The molecule has 5 aromatic rings. The van der Waals surface area contributed by atoms with Crippen LogP contribution < -0.4 is 10.1 Å². The Balaban J connectivity index is 1.17. The van der Waals surface area contributed by atoms with Gasteiger partial charge in [0.1, 0.15) is 11.3 Å². The third-order valence-corrected chi connectivity index (χ3v) is 8.70. The third-order valence-electron chi connectivity index (χ3n) is 7.32. The number of aromatic nitrogens is 1. The first-order valence-corrected chi connectivity index (χ1v) is 16.9. The number of rotatable bonds is 16. The van der Waals surface area contributed by atoms with Gasteiger partial charge in [0.25, 0.3) is 11.1 Å². The molecule has 4 aromatic carbocycles. The lowest BCUT2D eigenvalue weighted by Gasteiger charge is -2.18. The third kappa shape index (κ3) is 9.28. The van der Waals surface area contributed by atoms with Crippen molar-refractivity contribution in [2.24, 2.45) is 0 Å². The van der Waals surface area contributed by atoms with Crippen molar-refractivity contribution in [1.29, 1.82) is 0 Å². The lowest BCUT2D eigenvalue weighted by molar-refractivity contribution is -0.139. The average molecular weight is 678 g/mol. The lowest BCUT2D eigenvalue weighted by Crippen LogP contribution is -2.24. The second kappa shape index (κ2) is 16.5. The van der Waals surface area contributed by atoms with Crippen LogP contribution in [0.4, 0.5) is 0 Å². The van der Waals surface area contributed by atoms with Gasteiger partial charge in [-0.3, -0.25) is 4.79 Å². The second-order valence-electron chi connectivity index (χ2n) is 10.8. The first-order chi connectivity index (χ1) is 22.4. The molecule has 0 aliphatic heterocycles. The van der Waals surface area contributed by atoms with Gasteiger partial charge in [0, 0.05) is 39.0 Å². The molecule has 7 nitrogen and oxygen atoms in total. The van der Waals surface area contributed by atoms with E-state index in [0.717, 1.165) is 60.6 Å². The zero-order chi connectivity index (χ0) is 32.3. The van der Waals surface area contributed by atoms with E-state index >= 15 is 0 Å². The Morgan fingerprint density at radius 3 is 2.07 bits per heavy atom. The van der Waals surface area contributed by atoms with E-state index in [4.69, 9.17) is 32.4 Å². The summed E-state index contributed by atoms with van der Waals surface area (Å²) < 4.78 is 11.6. The van der Waals surface area contributed by atoms with Crippen LogP contribution in [-0.4, -0.2) is 40.9 Å². The number of oxazole rings is 1. The molecule has 46 heavy (non-hydrogen) atoms. The number of hydrogen-bond acceptors (Lipinski definition) is 6. The van der Waals surface area contributed by atoms with E-state index < -0.39 is 12.6 Å². The Kier molecular flexibility index (Phi) is 12.0. The summed E-state index contributed by atoms with van der Waals surface area (Å²) in [5.74, 6) is -0.0461. The summed E-state index contributed by atoms with van der Waals surface area (Å²) >= 11 is 14.3. The van der Waals surface area contributed by atoms with E-state index in [1.54, 1.807) is 60.3 Å². The maximum atomic E-state index is 13.4. The summed E-state index contributed by atoms with van der Waals surface area (Å²) in [5.41, 5.74) is 4.63. The van der Waals surface area contributed by atoms with E-state index in [1.807, 2.05) is 36.4 Å². The monoisotopic (exact) mass is 676 g/mol. The molecule has 238 valence electrons. The smallest absolute Gasteiger partial charge is 0.341 e. The Hall–Kier alpha value is -3.98. The number of hydrogen-bond donors (Lipinski definition) is 2. The van der Waals surface area contributed by atoms with Gasteiger partial charge < -0.3 is 19.6 Å². The molecule has 0 spiro atoms. The van der Waals surface area contributed by atoms with Crippen LogP contribution in [0.25, 0.3) is 33.4 Å². The molecule has 0 fully saturated rings. The number of ether oxygens (including phenoxy) is 1. The maximum Gasteiger partial charge on any atom is 0.341 e. The van der Waals surface area contributed by atoms with Crippen LogP contribution in [0.1, 0.15) is 48.9 Å². The Morgan fingerprint density at radius 1 is 0.804 bits per heavy atom. The first-order valence-electron chi connectivity index (χ1n) is 15.2. The molecule has 1 heterocycles. The van der Waals surface area contributed by atoms with E-state index in [-0.39, 0.29) is 5.91 Å². The standard InChI is InChI=1S/C36H34Cl2N2O5S/c37-27-13-9-11-24(19-27)29-21-26(22-30(34(29)44-23-33(41)42)25-12-10-14-28(38)20-25)35(43)39-17-7-3-1-2-4-8-18-46-36-40-31-15-5-6-16-32(31)45-36/h5-6,9-16,19-22H,1-4,7-8,17-18,23H2,(H,39,43)(H,41,42). The lowest BCUT2D eigenvalue weighted by atomic mass is 9.94. The Labute approximate surface area is 282 Å². The van der Waals surface area contributed by atoms with Crippen LogP contribution in [0.15, 0.2) is 94.6 Å². The molecule has 2 N–H and O–H groups in total. The van der Waals surface area contributed by atoms with Crippen LogP contribution in [0.2, 0.25) is 10.0 Å². The highest BCUT2D eigenvalue weighted by atomic mass is 35.5. The van der Waals surface area contributed by atoms with Gasteiger partial charge in [-0.15, -0.1) is 0 Å². The summed E-state index contributed by atoms with van der Waals surface area (Å²) in [4.78, 5) is 29.4. The van der Waals surface area contributed by atoms with Crippen molar-refractivity contribution in [1.82, 2.24) is 10.3 Å². The maximum absolute atomic E-state index is 13.4. The molecule has 0 saturated heterocycles. The number of carboxylic acid groups (broad SMARTS) is 1. The number of carboxylic acids is 1. The molecule has 1 aromatic heterocycles. The average Bonchev–Trinajstić information content (AvgIpc) is 3.47. The molecular weight excluding hydrogens is 643 g/mol. The number of aliphatic carboxylic acids is 1. The van der Waals surface area contributed by atoms with E-state index in [1.165, 1.54) is 0 Å². The number of amides is 1. The minimum Gasteiger partial charge on any atom is -0.481 e. The highest BCUT2D eigenvalue weighted by Crippen LogP contribution is 2.41. The number of fused-ring (bicyclic) bond motifs is 1. The summed E-state index contributed by atoms with van der Waals surface area (Å²) in [5, 5.41) is 14.1. The van der Waals surface area contributed by atoms with Crippen LogP contribution in [0.5, 0.6) is 5.75 Å². The minimum atomic E-state index is -1.12. The predicted octanol–water partition coefficient (Wildman–Crippen LogP) is 9.79. The van der Waals surface area contributed by atoms with Crippen molar-refractivity contribution in [3.63, 3.8) is 0 Å². The quantitative estimate of drug-likeness (QED) is 0.0792. The number of carbonyl (C=O) groups excluding carboxylic acids is 1. The Morgan fingerprint density at radius 2 is 1.43 bits per heavy atom. The van der Waals surface area contributed by atoms with E-state index in [0.29, 0.717) is 50.2 Å². The molecule has 0 bridgehead atoms. The van der Waals surface area contributed by atoms with Crippen LogP contribution in [0.3, 0.4) is 0 Å². The number of halogens is 2. The minimum absolute atomic E-state index is 0.229. The number of nitrogens with zero attached hydrogens (tertiary/aromatic N) is 1. The largest absolute Gasteiger partial charge is 0.481 e. The highest BCUT2D eigenvalue weighted by Gasteiger charge is 2.20. The summed E-state index contributed by atoms with van der Waals surface area (Å²) in [7, 11) is 0. The van der Waals surface area contributed by atoms with Gasteiger partial charge in [-0.2, -0.15) is 0 Å². The van der Waals surface area contributed by atoms with Crippen LogP contribution in [0, 0.1) is 0 Å². The summed E-state index contributed by atoms with van der Waals surface area (Å²) in [6.45, 7) is -0.00726. The highest BCUT2D eigenvalue weighted by molar-refractivity contribution is 7.99. The fraction of sp³-hybridized carbons (Fsp3) is 0.250. The molecule has 0 radical (unpaired) electrons. The summed E-state index contributed by atoms with van der Waals surface area (Å²) in [6, 6.07) is 25.5. The normalized spacial score (nSPS) is 11.1. The zero-order valence-electron chi connectivity index (χ0n) is 25.1. The molecule has 10 heteroatoms. The fourth-order valence-corrected chi connectivity index (χ4v) is 6.32. The topological polar surface area (TPSA) is 102 Å². The van der Waals surface area contributed by atoms with Crippen LogP contribution in [-0.2, 0) is 4.79 Å². The van der Waals surface area contributed by atoms with Gasteiger partial charge in [-0.05, 0) is 72.5 Å².